The molecule has 4 aliphatic carbocycles. The number of carboxylic acid groups (broad SMARTS) is 1. The molecule has 7 heteroatoms. The molecule has 1 amide bonds. The van der Waals surface area contributed by atoms with Crippen molar-refractivity contribution in [1.29, 1.82) is 0 Å². The second kappa shape index (κ2) is 8.80. The molecule has 8 atom stereocenters. The van der Waals surface area contributed by atoms with E-state index < -0.39 is 22.9 Å². The van der Waals surface area contributed by atoms with Crippen LogP contribution in [0.2, 0.25) is 0 Å². The van der Waals surface area contributed by atoms with Crippen LogP contribution in [0.5, 0.6) is 0 Å². The van der Waals surface area contributed by atoms with Crippen molar-refractivity contribution in [3.63, 3.8) is 0 Å². The normalized spacial score (nSPS) is 41.5. The zero-order valence-electron chi connectivity index (χ0n) is 20.5. The first-order valence-electron chi connectivity index (χ1n) is 13.1. The molecule has 7 nitrogen and oxygen atoms in total. The third kappa shape index (κ3) is 4.02. The van der Waals surface area contributed by atoms with Crippen LogP contribution in [0.3, 0.4) is 0 Å². The summed E-state index contributed by atoms with van der Waals surface area (Å²) in [5.74, 6) is -2.62. The Morgan fingerprint density at radius 2 is 1.67 bits per heavy atom. The first-order valence-corrected chi connectivity index (χ1v) is 13.1. The summed E-state index contributed by atoms with van der Waals surface area (Å²) < 4.78 is 0. The van der Waals surface area contributed by atoms with Gasteiger partial charge in [-0.1, -0.05) is 33.6 Å². The Kier molecular flexibility index (Phi) is 6.64. The molecule has 3 unspecified atom stereocenters. The van der Waals surface area contributed by atoms with Crippen molar-refractivity contribution in [1.82, 2.24) is 5.06 Å². The van der Waals surface area contributed by atoms with Crippen LogP contribution in [0.4, 0.5) is 0 Å². The lowest BCUT2D eigenvalue weighted by Crippen LogP contribution is -2.55. The fourth-order valence-electron chi connectivity index (χ4n) is 9.19. The third-order valence-electron chi connectivity index (χ3n) is 11.0. The monoisotopic (exact) mass is 465 g/mol. The van der Waals surface area contributed by atoms with Crippen molar-refractivity contribution in [2.75, 3.05) is 0 Å². The van der Waals surface area contributed by atoms with Crippen LogP contribution < -0.4 is 0 Å². The van der Waals surface area contributed by atoms with E-state index in [-0.39, 0.29) is 17.8 Å². The SMILES string of the molecule is C[C@H](CCC(=O)N(O)C(O)(O)C(=O)O)[C@H]1CCC2C3CC[C@@H]4CCCC[C@]4(C)C3CC[C@@]21C. The van der Waals surface area contributed by atoms with E-state index >= 15 is 0 Å². The van der Waals surface area contributed by atoms with Crippen LogP contribution in [0.25, 0.3) is 0 Å². The van der Waals surface area contributed by atoms with Crippen molar-refractivity contribution >= 4 is 11.9 Å². The zero-order chi connectivity index (χ0) is 24.2. The fraction of sp³-hybridized carbons (Fsp3) is 0.923. The lowest BCUT2D eigenvalue weighted by Gasteiger charge is -2.61. The molecule has 4 rings (SSSR count). The largest absolute Gasteiger partial charge is 0.476 e. The Bertz CT molecular complexity index is 770. The van der Waals surface area contributed by atoms with E-state index in [1.807, 2.05) is 0 Å². The van der Waals surface area contributed by atoms with Gasteiger partial charge in [0.05, 0.1) is 0 Å². The number of hydrogen-bond donors (Lipinski definition) is 4. The number of aliphatic hydroxyl groups is 2. The van der Waals surface area contributed by atoms with E-state index in [2.05, 4.69) is 20.8 Å². The number of nitrogens with zero attached hydrogens (tertiary/aromatic N) is 1. The van der Waals surface area contributed by atoms with Crippen LogP contribution in [-0.2, 0) is 9.59 Å². The molecule has 0 aliphatic heterocycles. The number of aliphatic carboxylic acids is 1. The summed E-state index contributed by atoms with van der Waals surface area (Å²) in [6.07, 6.45) is 13.7. The van der Waals surface area contributed by atoms with E-state index in [0.29, 0.717) is 17.8 Å². The lowest BCUT2D eigenvalue weighted by atomic mass is 9.44. The summed E-state index contributed by atoms with van der Waals surface area (Å²) in [4.78, 5) is 23.1. The Labute approximate surface area is 197 Å². The minimum Gasteiger partial charge on any atom is -0.476 e. The predicted octanol–water partition coefficient (Wildman–Crippen LogP) is 4.39. The van der Waals surface area contributed by atoms with Gasteiger partial charge in [0.25, 0.3) is 5.91 Å². The Hall–Kier alpha value is -1.18. The van der Waals surface area contributed by atoms with Crippen molar-refractivity contribution in [2.45, 2.75) is 104 Å². The lowest BCUT2D eigenvalue weighted by molar-refractivity contribution is -0.330. The zero-order valence-corrected chi connectivity index (χ0v) is 20.5. The summed E-state index contributed by atoms with van der Waals surface area (Å²) in [7, 11) is 0. The molecule has 4 aliphatic rings. The van der Waals surface area contributed by atoms with Gasteiger partial charge in [-0.3, -0.25) is 10.0 Å². The summed E-state index contributed by atoms with van der Waals surface area (Å²) in [6.45, 7) is 7.21. The highest BCUT2D eigenvalue weighted by atomic mass is 16.7. The number of carboxylic acids is 1. The predicted molar refractivity (Wildman–Crippen MR) is 122 cm³/mol. The van der Waals surface area contributed by atoms with Crippen molar-refractivity contribution < 1.29 is 30.1 Å². The van der Waals surface area contributed by atoms with E-state index in [9.17, 15) is 25.0 Å². The number of carbonyl (C=O) groups is 2. The van der Waals surface area contributed by atoms with Crippen LogP contribution in [0.15, 0.2) is 0 Å². The molecule has 0 radical (unpaired) electrons. The first kappa shape index (κ1) is 24.9. The van der Waals surface area contributed by atoms with Gasteiger partial charge in [0.1, 0.15) is 0 Å². The number of carbonyl (C=O) groups excluding carboxylic acids is 1. The second-order valence-corrected chi connectivity index (χ2v) is 12.3. The maximum absolute atomic E-state index is 12.2. The number of amides is 1. The molecule has 0 spiro atoms. The van der Waals surface area contributed by atoms with Gasteiger partial charge in [-0.05, 0) is 104 Å². The van der Waals surface area contributed by atoms with Crippen LogP contribution in [0, 0.1) is 46.3 Å². The van der Waals surface area contributed by atoms with Crippen LogP contribution in [-0.4, -0.2) is 43.4 Å². The smallest absolute Gasteiger partial charge is 0.390 e. The van der Waals surface area contributed by atoms with E-state index in [4.69, 9.17) is 5.11 Å². The Morgan fingerprint density at radius 1 is 0.970 bits per heavy atom. The highest BCUT2D eigenvalue weighted by Gasteiger charge is 2.60. The second-order valence-electron chi connectivity index (χ2n) is 12.3. The topological polar surface area (TPSA) is 118 Å². The molecule has 188 valence electrons. The van der Waals surface area contributed by atoms with Gasteiger partial charge in [0, 0.05) is 6.42 Å². The molecule has 0 bridgehead atoms. The first-order chi connectivity index (χ1) is 15.4. The number of fused-ring (bicyclic) bond motifs is 5. The minimum atomic E-state index is -3.60. The number of rotatable bonds is 6. The molecule has 0 aromatic heterocycles. The van der Waals surface area contributed by atoms with Gasteiger partial charge < -0.3 is 15.3 Å². The molecule has 0 heterocycles. The molecule has 0 aromatic carbocycles. The van der Waals surface area contributed by atoms with E-state index in [1.165, 1.54) is 57.8 Å². The summed E-state index contributed by atoms with van der Waals surface area (Å²) >= 11 is 0. The maximum Gasteiger partial charge on any atom is 0.390 e. The quantitative estimate of drug-likeness (QED) is 0.262. The van der Waals surface area contributed by atoms with Crippen molar-refractivity contribution in [3.05, 3.63) is 0 Å². The van der Waals surface area contributed by atoms with Gasteiger partial charge in [-0.2, -0.15) is 5.06 Å². The molecule has 0 saturated heterocycles. The van der Waals surface area contributed by atoms with Gasteiger partial charge in [-0.15, -0.1) is 0 Å². The Morgan fingerprint density at radius 3 is 2.36 bits per heavy atom. The standard InChI is InChI=1S/C26H43NO6/c1-16(7-12-22(28)27(33)26(31,32)23(29)30)19-10-11-20-18-9-8-17-6-4-5-14-24(17,2)21(18)13-15-25(19,20)3/h16-21,31-33H,4-15H2,1-3H3,(H,29,30)/t16-,17+,18?,19-,20?,21?,24+,25-/m1/s1. The molecule has 4 fully saturated rings. The highest BCUT2D eigenvalue weighted by molar-refractivity contribution is 5.83. The van der Waals surface area contributed by atoms with E-state index in [1.54, 1.807) is 0 Å². The third-order valence-corrected chi connectivity index (χ3v) is 11.0. The van der Waals surface area contributed by atoms with Crippen LogP contribution in [0.1, 0.15) is 97.8 Å². The summed E-state index contributed by atoms with van der Waals surface area (Å²) in [6, 6.07) is 0. The molecule has 33 heavy (non-hydrogen) atoms. The van der Waals surface area contributed by atoms with Gasteiger partial charge >= 0.3 is 11.9 Å². The number of hydroxylamine groups is 2. The summed E-state index contributed by atoms with van der Waals surface area (Å²) in [5.41, 5.74) is 0.785. The average Bonchev–Trinajstić information content (AvgIpc) is 3.13. The van der Waals surface area contributed by atoms with E-state index in [0.717, 1.165) is 30.1 Å². The molecule has 0 aromatic rings. The summed E-state index contributed by atoms with van der Waals surface area (Å²) in [5, 5.41) is 36.9. The highest BCUT2D eigenvalue weighted by Crippen LogP contribution is 2.68. The van der Waals surface area contributed by atoms with Crippen LogP contribution >= 0.6 is 0 Å². The molecular weight excluding hydrogens is 422 g/mol. The van der Waals surface area contributed by atoms with Crippen molar-refractivity contribution in [2.24, 2.45) is 46.3 Å². The molecule has 4 N–H and O–H groups in total. The maximum atomic E-state index is 12.2. The number of hydrogen-bond acceptors (Lipinski definition) is 5. The average molecular weight is 466 g/mol. The van der Waals surface area contributed by atoms with Crippen molar-refractivity contribution in [3.8, 4) is 0 Å². The van der Waals surface area contributed by atoms with Gasteiger partial charge in [-0.25, -0.2) is 4.79 Å². The van der Waals surface area contributed by atoms with Gasteiger partial charge in [0.15, 0.2) is 0 Å². The molecule has 4 saturated carbocycles. The molecular formula is C26H43NO6. The van der Waals surface area contributed by atoms with Gasteiger partial charge in [0.2, 0.25) is 0 Å². The Balaban J connectivity index is 1.41. The minimum absolute atomic E-state index is 0.114. The fourth-order valence-corrected chi connectivity index (χ4v) is 9.19.